The fourth-order valence-electron chi connectivity index (χ4n) is 3.24. The monoisotopic (exact) mass is 518 g/mol. The summed E-state index contributed by atoms with van der Waals surface area (Å²) in [5, 5.41) is 11.4. The summed E-state index contributed by atoms with van der Waals surface area (Å²) in [6, 6.07) is 19.4. The molecule has 4 rings (SSSR count). The van der Waals surface area contributed by atoms with Crippen molar-refractivity contribution in [3.63, 3.8) is 0 Å². The maximum atomic E-state index is 13.0. The molecule has 0 aliphatic heterocycles. The summed E-state index contributed by atoms with van der Waals surface area (Å²) in [6.07, 6.45) is -4.55. The number of carbonyl (C=O) groups is 1. The quantitative estimate of drug-likeness (QED) is 0.289. The summed E-state index contributed by atoms with van der Waals surface area (Å²) >= 11 is 7.07. The predicted molar refractivity (Wildman–Crippen MR) is 129 cm³/mol. The number of benzene rings is 3. The summed E-state index contributed by atoms with van der Waals surface area (Å²) in [5.41, 5.74) is 0.511. The number of amides is 1. The highest BCUT2D eigenvalue weighted by molar-refractivity contribution is 7.99. The van der Waals surface area contributed by atoms with Gasteiger partial charge in [-0.2, -0.15) is 13.2 Å². The highest BCUT2D eigenvalue weighted by Crippen LogP contribution is 2.34. The largest absolute Gasteiger partial charge is 0.497 e. The molecule has 1 amide bonds. The molecule has 0 saturated heterocycles. The average molecular weight is 519 g/mol. The molecule has 0 spiro atoms. The molecule has 0 aliphatic carbocycles. The number of anilines is 1. The molecule has 0 saturated carbocycles. The second kappa shape index (κ2) is 10.4. The van der Waals surface area contributed by atoms with Crippen LogP contribution in [0.3, 0.4) is 0 Å². The Morgan fingerprint density at radius 2 is 1.83 bits per heavy atom. The van der Waals surface area contributed by atoms with E-state index in [1.807, 2.05) is 54.6 Å². The van der Waals surface area contributed by atoms with Crippen molar-refractivity contribution in [1.82, 2.24) is 14.8 Å². The van der Waals surface area contributed by atoms with Crippen LogP contribution in [0, 0.1) is 0 Å². The minimum atomic E-state index is -4.55. The lowest BCUT2D eigenvalue weighted by Gasteiger charge is -2.12. The number of nitrogens with one attached hydrogen (secondary N) is 1. The van der Waals surface area contributed by atoms with E-state index >= 15 is 0 Å². The Morgan fingerprint density at radius 3 is 2.54 bits per heavy atom. The number of para-hydroxylation sites is 1. The van der Waals surface area contributed by atoms with Gasteiger partial charge in [-0.25, -0.2) is 0 Å². The molecule has 0 aliphatic rings. The number of methoxy groups -OCH3 is 1. The number of hydrogen-bond acceptors (Lipinski definition) is 5. The van der Waals surface area contributed by atoms with Crippen LogP contribution < -0.4 is 10.1 Å². The Hall–Kier alpha value is -3.50. The fourth-order valence-corrected chi connectivity index (χ4v) is 4.15. The van der Waals surface area contributed by atoms with Gasteiger partial charge in [0.1, 0.15) is 5.75 Å². The van der Waals surface area contributed by atoms with Crippen LogP contribution in [0.2, 0.25) is 5.02 Å². The van der Waals surface area contributed by atoms with E-state index in [0.717, 1.165) is 41.2 Å². The number of hydrogen-bond donors (Lipinski definition) is 1. The number of aromatic nitrogens is 3. The highest BCUT2D eigenvalue weighted by Gasteiger charge is 2.31. The fraction of sp³-hybridized carbons (Fsp3) is 0.125. The van der Waals surface area contributed by atoms with Gasteiger partial charge in [-0.3, -0.25) is 9.36 Å². The molecule has 1 aromatic heterocycles. The molecule has 0 fully saturated rings. The van der Waals surface area contributed by atoms with Crippen molar-refractivity contribution < 1.29 is 22.7 Å². The standard InChI is InChI=1S/C24H18ClF3N4O2S/c1-34-18-9-5-6-15(12-18)22-30-31-23(32(22)17-7-3-2-4-8-17)35-14-21(33)29-20-13-16(24(26,27)28)10-11-19(20)25/h2-13H,14H2,1H3,(H,29,33). The summed E-state index contributed by atoms with van der Waals surface area (Å²) in [5.74, 6) is 0.521. The Kier molecular flexibility index (Phi) is 7.32. The number of alkyl halides is 3. The van der Waals surface area contributed by atoms with Crippen molar-refractivity contribution in [2.24, 2.45) is 0 Å². The zero-order valence-electron chi connectivity index (χ0n) is 18.2. The van der Waals surface area contributed by atoms with Crippen molar-refractivity contribution in [3.05, 3.63) is 83.4 Å². The molecule has 0 unspecified atom stereocenters. The maximum Gasteiger partial charge on any atom is 0.416 e. The molecule has 0 bridgehead atoms. The van der Waals surface area contributed by atoms with Crippen molar-refractivity contribution in [2.45, 2.75) is 11.3 Å². The topological polar surface area (TPSA) is 69.0 Å². The van der Waals surface area contributed by atoms with Gasteiger partial charge in [0.05, 0.1) is 29.1 Å². The maximum absolute atomic E-state index is 13.0. The number of nitrogens with zero attached hydrogens (tertiary/aromatic N) is 3. The van der Waals surface area contributed by atoms with Crippen LogP contribution in [0.4, 0.5) is 18.9 Å². The second-order valence-electron chi connectivity index (χ2n) is 7.24. The van der Waals surface area contributed by atoms with Gasteiger partial charge in [0.2, 0.25) is 5.91 Å². The van der Waals surface area contributed by atoms with E-state index in [4.69, 9.17) is 16.3 Å². The van der Waals surface area contributed by atoms with Crippen molar-refractivity contribution in [3.8, 4) is 22.8 Å². The molecule has 1 heterocycles. The molecular formula is C24H18ClF3N4O2S. The van der Waals surface area contributed by atoms with Gasteiger partial charge < -0.3 is 10.1 Å². The van der Waals surface area contributed by atoms with Crippen LogP contribution in [0.15, 0.2) is 78.0 Å². The van der Waals surface area contributed by atoms with Crippen molar-refractivity contribution in [2.75, 3.05) is 18.2 Å². The Labute approximate surface area is 208 Å². The Morgan fingerprint density at radius 1 is 1.06 bits per heavy atom. The molecular weight excluding hydrogens is 501 g/mol. The summed E-state index contributed by atoms with van der Waals surface area (Å²) in [7, 11) is 1.57. The molecule has 11 heteroatoms. The molecule has 4 aromatic rings. The van der Waals surface area contributed by atoms with Crippen LogP contribution in [0.1, 0.15) is 5.56 Å². The van der Waals surface area contributed by atoms with Gasteiger partial charge in [0.15, 0.2) is 11.0 Å². The van der Waals surface area contributed by atoms with Gasteiger partial charge in [0, 0.05) is 11.3 Å². The minimum Gasteiger partial charge on any atom is -0.497 e. The predicted octanol–water partition coefficient (Wildman–Crippen LogP) is 6.35. The van der Waals surface area contributed by atoms with Crippen molar-refractivity contribution >= 4 is 35.0 Å². The first kappa shape index (κ1) is 24.6. The first-order chi connectivity index (χ1) is 16.8. The lowest BCUT2D eigenvalue weighted by molar-refractivity contribution is -0.137. The normalized spacial score (nSPS) is 11.3. The van der Waals surface area contributed by atoms with Crippen LogP contribution in [-0.2, 0) is 11.0 Å². The second-order valence-corrected chi connectivity index (χ2v) is 8.59. The van der Waals surface area contributed by atoms with E-state index in [1.54, 1.807) is 11.7 Å². The first-order valence-electron chi connectivity index (χ1n) is 10.2. The molecule has 180 valence electrons. The van der Waals surface area contributed by atoms with E-state index in [2.05, 4.69) is 15.5 Å². The highest BCUT2D eigenvalue weighted by atomic mass is 35.5. The van der Waals surface area contributed by atoms with E-state index in [0.29, 0.717) is 16.7 Å². The van der Waals surface area contributed by atoms with Gasteiger partial charge in [-0.15, -0.1) is 10.2 Å². The molecule has 35 heavy (non-hydrogen) atoms. The molecule has 0 atom stereocenters. The zero-order chi connectivity index (χ0) is 25.0. The Bertz CT molecular complexity index is 1350. The minimum absolute atomic E-state index is 0.00381. The van der Waals surface area contributed by atoms with Crippen molar-refractivity contribution in [1.29, 1.82) is 0 Å². The number of thioether (sulfide) groups is 1. The van der Waals surface area contributed by atoms with Crippen LogP contribution in [0.25, 0.3) is 17.1 Å². The molecule has 1 N–H and O–H groups in total. The van der Waals surface area contributed by atoms with Gasteiger partial charge in [0.25, 0.3) is 0 Å². The van der Waals surface area contributed by atoms with Gasteiger partial charge in [-0.05, 0) is 42.5 Å². The summed E-state index contributed by atoms with van der Waals surface area (Å²) < 4.78 is 46.2. The zero-order valence-corrected chi connectivity index (χ0v) is 19.8. The average Bonchev–Trinajstić information content (AvgIpc) is 3.28. The number of ether oxygens (including phenoxy) is 1. The van der Waals surface area contributed by atoms with Crippen LogP contribution in [-0.4, -0.2) is 33.5 Å². The molecule has 6 nitrogen and oxygen atoms in total. The lowest BCUT2D eigenvalue weighted by Crippen LogP contribution is -2.16. The summed E-state index contributed by atoms with van der Waals surface area (Å²) in [6.45, 7) is 0. The molecule has 3 aromatic carbocycles. The first-order valence-corrected chi connectivity index (χ1v) is 11.6. The Balaban J connectivity index is 1.58. The number of rotatable bonds is 7. The van der Waals surface area contributed by atoms with Gasteiger partial charge in [-0.1, -0.05) is 53.7 Å². The van der Waals surface area contributed by atoms with E-state index < -0.39 is 17.6 Å². The summed E-state index contributed by atoms with van der Waals surface area (Å²) in [4.78, 5) is 12.6. The van der Waals surface area contributed by atoms with E-state index in [-0.39, 0.29) is 16.5 Å². The number of carbonyl (C=O) groups excluding carboxylic acids is 1. The van der Waals surface area contributed by atoms with Gasteiger partial charge >= 0.3 is 6.18 Å². The third kappa shape index (κ3) is 5.77. The van der Waals surface area contributed by atoms with E-state index in [1.165, 1.54) is 0 Å². The van der Waals surface area contributed by atoms with E-state index in [9.17, 15) is 18.0 Å². The third-order valence-corrected chi connectivity index (χ3v) is 6.13. The van der Waals surface area contributed by atoms with Crippen LogP contribution >= 0.6 is 23.4 Å². The van der Waals surface area contributed by atoms with Crippen LogP contribution in [0.5, 0.6) is 5.75 Å². The smallest absolute Gasteiger partial charge is 0.416 e. The number of halogens is 4. The SMILES string of the molecule is COc1cccc(-c2nnc(SCC(=O)Nc3cc(C(F)(F)F)ccc3Cl)n2-c2ccccc2)c1. The molecule has 0 radical (unpaired) electrons. The third-order valence-electron chi connectivity index (χ3n) is 4.88. The lowest BCUT2D eigenvalue weighted by atomic mass is 10.2.